The summed E-state index contributed by atoms with van der Waals surface area (Å²) in [4.78, 5) is 10.4. The fourth-order valence-electron chi connectivity index (χ4n) is 0.878. The number of carboxylic acids is 1. The highest BCUT2D eigenvalue weighted by Gasteiger charge is 2.13. The zero-order chi connectivity index (χ0) is 7.84. The van der Waals surface area contributed by atoms with Crippen molar-refractivity contribution in [3.8, 4) is 0 Å². The second kappa shape index (κ2) is 1.82. The van der Waals surface area contributed by atoms with Crippen LogP contribution < -0.4 is 0 Å². The van der Waals surface area contributed by atoms with Gasteiger partial charge in [-0.2, -0.15) is 10.2 Å². The molecule has 0 radical (unpaired) electrons. The van der Waals surface area contributed by atoms with Gasteiger partial charge in [-0.3, -0.25) is 10.2 Å². The summed E-state index contributed by atoms with van der Waals surface area (Å²) < 4.78 is 0. The summed E-state index contributed by atoms with van der Waals surface area (Å²) in [6.07, 6.45) is 1.48. The summed E-state index contributed by atoms with van der Waals surface area (Å²) in [7, 11) is 0. The number of nitrogens with zero attached hydrogens (tertiary/aromatic N) is 2. The van der Waals surface area contributed by atoms with Gasteiger partial charge >= 0.3 is 5.97 Å². The highest BCUT2D eigenvalue weighted by molar-refractivity contribution is 5.98. The minimum Gasteiger partial charge on any atom is -0.476 e. The van der Waals surface area contributed by atoms with E-state index in [1.54, 1.807) is 0 Å². The molecule has 0 aliphatic heterocycles. The maximum absolute atomic E-state index is 10.4. The molecule has 2 heterocycles. The van der Waals surface area contributed by atoms with Gasteiger partial charge in [-0.05, 0) is 0 Å². The minimum atomic E-state index is -1.07. The lowest BCUT2D eigenvalue weighted by atomic mass is 10.4. The topological polar surface area (TPSA) is 94.7 Å². The molecule has 0 saturated heterocycles. The van der Waals surface area contributed by atoms with Crippen LogP contribution in [0.2, 0.25) is 0 Å². The molecule has 6 nitrogen and oxygen atoms in total. The zero-order valence-electron chi connectivity index (χ0n) is 5.33. The molecule has 3 N–H and O–H groups in total. The molecule has 2 rings (SSSR count). The average Bonchev–Trinajstić information content (AvgIpc) is 2.41. The fourth-order valence-corrected chi connectivity index (χ4v) is 0.878. The number of hydrogen-bond donors (Lipinski definition) is 3. The van der Waals surface area contributed by atoms with Gasteiger partial charge in [0.05, 0.1) is 6.20 Å². The summed E-state index contributed by atoms with van der Waals surface area (Å²) in [5.74, 6) is -1.07. The highest BCUT2D eigenvalue weighted by atomic mass is 16.4. The van der Waals surface area contributed by atoms with Gasteiger partial charge in [0.15, 0.2) is 5.69 Å². The number of hydrogen-bond acceptors (Lipinski definition) is 3. The van der Waals surface area contributed by atoms with E-state index in [0.717, 1.165) is 0 Å². The lowest BCUT2D eigenvalue weighted by molar-refractivity contribution is 0.0692. The Bertz CT molecular complexity index is 401. The molecule has 0 saturated carbocycles. The maximum atomic E-state index is 10.4. The van der Waals surface area contributed by atoms with Gasteiger partial charge in [-0.15, -0.1) is 0 Å². The van der Waals surface area contributed by atoms with Crippen LogP contribution in [0.25, 0.3) is 11.0 Å². The molecule has 0 bridgehead atoms. The minimum absolute atomic E-state index is 0.0301. The lowest BCUT2D eigenvalue weighted by Gasteiger charge is -1.81. The van der Waals surface area contributed by atoms with Crippen molar-refractivity contribution in [3.63, 3.8) is 0 Å². The Kier molecular flexibility index (Phi) is 0.974. The Morgan fingerprint density at radius 1 is 1.55 bits per heavy atom. The van der Waals surface area contributed by atoms with Gasteiger partial charge in [0.25, 0.3) is 0 Å². The number of fused-ring (bicyclic) bond motifs is 1. The van der Waals surface area contributed by atoms with Crippen molar-refractivity contribution >= 4 is 17.0 Å². The second-order valence-corrected chi connectivity index (χ2v) is 2.04. The Morgan fingerprint density at radius 3 is 3.09 bits per heavy atom. The van der Waals surface area contributed by atoms with Gasteiger partial charge in [-0.25, -0.2) is 4.79 Å². The monoisotopic (exact) mass is 152 g/mol. The Morgan fingerprint density at radius 2 is 2.36 bits per heavy atom. The van der Waals surface area contributed by atoms with Crippen LogP contribution in [-0.2, 0) is 0 Å². The predicted molar refractivity (Wildman–Crippen MR) is 35.2 cm³/mol. The van der Waals surface area contributed by atoms with Gasteiger partial charge in [-0.1, -0.05) is 0 Å². The van der Waals surface area contributed by atoms with E-state index in [4.69, 9.17) is 5.11 Å². The van der Waals surface area contributed by atoms with Gasteiger partial charge in [0.2, 0.25) is 0 Å². The molecule has 56 valence electrons. The fraction of sp³-hybridized carbons (Fsp3) is 0. The molecule has 6 heteroatoms. The van der Waals surface area contributed by atoms with Crippen molar-refractivity contribution in [2.45, 2.75) is 0 Å². The van der Waals surface area contributed by atoms with Crippen molar-refractivity contribution in [3.05, 3.63) is 11.9 Å². The quantitative estimate of drug-likeness (QED) is 0.535. The normalized spacial score (nSPS) is 10.5. The molecule has 2 aromatic heterocycles. The molecule has 11 heavy (non-hydrogen) atoms. The van der Waals surface area contributed by atoms with E-state index in [1.807, 2.05) is 0 Å². The van der Waals surface area contributed by atoms with Crippen molar-refractivity contribution in [2.24, 2.45) is 0 Å². The Balaban J connectivity index is 2.78. The van der Waals surface area contributed by atoms with E-state index in [-0.39, 0.29) is 5.69 Å². The van der Waals surface area contributed by atoms with E-state index in [1.165, 1.54) is 6.20 Å². The standard InChI is InChI=1S/C5H4N4O2/c10-5(11)4-3-2(7-9-4)1-6-8-3/h1H,(H,6,8)(H,7,9)(H,10,11). The molecule has 0 atom stereocenters. The van der Waals surface area contributed by atoms with E-state index in [9.17, 15) is 4.79 Å². The number of carboxylic acid groups (broad SMARTS) is 1. The molecule has 0 fully saturated rings. The van der Waals surface area contributed by atoms with E-state index >= 15 is 0 Å². The molecular formula is C5H4N4O2. The number of aromatic carboxylic acids is 1. The van der Waals surface area contributed by atoms with E-state index in [2.05, 4.69) is 20.4 Å². The Labute approximate surface area is 60.2 Å². The Hall–Kier alpha value is -1.85. The average molecular weight is 152 g/mol. The van der Waals surface area contributed by atoms with E-state index < -0.39 is 5.97 Å². The van der Waals surface area contributed by atoms with Crippen molar-refractivity contribution in [2.75, 3.05) is 0 Å². The first-order valence-electron chi connectivity index (χ1n) is 2.90. The first kappa shape index (κ1) is 5.90. The third kappa shape index (κ3) is 0.689. The smallest absolute Gasteiger partial charge is 0.358 e. The second-order valence-electron chi connectivity index (χ2n) is 2.04. The third-order valence-corrected chi connectivity index (χ3v) is 1.37. The number of nitrogens with one attached hydrogen (secondary N) is 2. The van der Waals surface area contributed by atoms with Crippen molar-refractivity contribution < 1.29 is 9.90 Å². The summed E-state index contributed by atoms with van der Waals surface area (Å²) >= 11 is 0. The molecule has 0 spiro atoms. The molecule has 2 aromatic rings. The largest absolute Gasteiger partial charge is 0.476 e. The summed E-state index contributed by atoms with van der Waals surface area (Å²) in [6.45, 7) is 0. The summed E-state index contributed by atoms with van der Waals surface area (Å²) in [6, 6.07) is 0. The van der Waals surface area contributed by atoms with E-state index in [0.29, 0.717) is 11.0 Å². The first-order chi connectivity index (χ1) is 5.29. The predicted octanol–water partition coefficient (Wildman–Crippen LogP) is -0.0158. The maximum Gasteiger partial charge on any atom is 0.358 e. The number of aromatic nitrogens is 4. The highest BCUT2D eigenvalue weighted by Crippen LogP contribution is 2.10. The SMILES string of the molecule is O=C(O)c1n[nH]c2cn[nH]c12. The third-order valence-electron chi connectivity index (χ3n) is 1.37. The molecule has 0 aliphatic rings. The summed E-state index contributed by atoms with van der Waals surface area (Å²) in [5, 5.41) is 20.8. The molecular weight excluding hydrogens is 148 g/mol. The zero-order valence-corrected chi connectivity index (χ0v) is 5.33. The van der Waals surface area contributed by atoms with Gasteiger partial charge in [0, 0.05) is 0 Å². The van der Waals surface area contributed by atoms with Crippen LogP contribution in [0.3, 0.4) is 0 Å². The number of rotatable bonds is 1. The number of H-pyrrole nitrogens is 2. The lowest BCUT2D eigenvalue weighted by Crippen LogP contribution is -1.97. The van der Waals surface area contributed by atoms with Crippen LogP contribution in [0.1, 0.15) is 10.5 Å². The van der Waals surface area contributed by atoms with Crippen LogP contribution in [0.5, 0.6) is 0 Å². The van der Waals surface area contributed by atoms with Crippen LogP contribution in [0.15, 0.2) is 6.20 Å². The summed E-state index contributed by atoms with van der Waals surface area (Å²) in [5.41, 5.74) is 0.998. The van der Waals surface area contributed by atoms with Gasteiger partial charge in [0.1, 0.15) is 11.0 Å². The van der Waals surface area contributed by atoms with Crippen molar-refractivity contribution in [1.29, 1.82) is 0 Å². The molecule has 0 aliphatic carbocycles. The van der Waals surface area contributed by atoms with Crippen LogP contribution >= 0.6 is 0 Å². The molecule has 0 aromatic carbocycles. The van der Waals surface area contributed by atoms with Gasteiger partial charge < -0.3 is 5.11 Å². The molecule has 0 amide bonds. The van der Waals surface area contributed by atoms with Crippen LogP contribution in [-0.4, -0.2) is 31.5 Å². The van der Waals surface area contributed by atoms with Crippen LogP contribution in [0.4, 0.5) is 0 Å². The molecule has 0 unspecified atom stereocenters. The van der Waals surface area contributed by atoms with Crippen LogP contribution in [0, 0.1) is 0 Å². The number of aromatic amines is 2. The first-order valence-corrected chi connectivity index (χ1v) is 2.90. The van der Waals surface area contributed by atoms with Crippen molar-refractivity contribution in [1.82, 2.24) is 20.4 Å². The number of carbonyl (C=O) groups is 1.